The largest absolute Gasteiger partial charge is 0.417 e. The van der Waals surface area contributed by atoms with Gasteiger partial charge in [0.05, 0.1) is 23.8 Å². The maximum Gasteiger partial charge on any atom is 0.417 e. The number of amides is 1. The molecule has 1 aromatic rings. The molecule has 0 N–H and O–H groups in total. The van der Waals surface area contributed by atoms with E-state index in [0.29, 0.717) is 38.5 Å². The van der Waals surface area contributed by atoms with Crippen molar-refractivity contribution < 1.29 is 22.7 Å². The molecule has 1 aromatic carbocycles. The molecule has 0 saturated carbocycles. The van der Waals surface area contributed by atoms with Crippen molar-refractivity contribution >= 4 is 11.6 Å². The van der Waals surface area contributed by atoms with E-state index in [0.717, 1.165) is 18.9 Å². The Morgan fingerprint density at radius 2 is 2.03 bits per heavy atom. The quantitative estimate of drug-likeness (QED) is 0.689. The average Bonchev–Trinajstić information content (AvgIpc) is 3.10. The smallest absolute Gasteiger partial charge is 0.384 e. The SMILES string of the molecule is CCC(C)(C)C(=O)N1CCC2(COC)CN(c3ccc(C#N)c(C(F)(F)F)c3)CC2C1. The molecular weight excluding hydrogens is 407 g/mol. The van der Waals surface area contributed by atoms with Crippen LogP contribution in [0.3, 0.4) is 0 Å². The summed E-state index contributed by atoms with van der Waals surface area (Å²) in [7, 11) is 1.63. The molecule has 1 amide bonds. The molecule has 0 aliphatic carbocycles. The molecule has 3 rings (SSSR count). The summed E-state index contributed by atoms with van der Waals surface area (Å²) in [5, 5.41) is 9.07. The molecule has 2 aliphatic heterocycles. The number of hydrogen-bond donors (Lipinski definition) is 0. The molecule has 5 nitrogen and oxygen atoms in total. The van der Waals surface area contributed by atoms with Crippen LogP contribution in [0.5, 0.6) is 0 Å². The average molecular weight is 438 g/mol. The highest BCUT2D eigenvalue weighted by atomic mass is 19.4. The second kappa shape index (κ2) is 8.34. The Labute approximate surface area is 181 Å². The van der Waals surface area contributed by atoms with Crippen molar-refractivity contribution in [1.29, 1.82) is 5.26 Å². The van der Waals surface area contributed by atoms with Crippen molar-refractivity contribution in [2.75, 3.05) is 44.8 Å². The van der Waals surface area contributed by atoms with Crippen molar-refractivity contribution in [2.45, 2.75) is 39.8 Å². The summed E-state index contributed by atoms with van der Waals surface area (Å²) < 4.78 is 45.9. The minimum atomic E-state index is -4.59. The van der Waals surface area contributed by atoms with Crippen LogP contribution in [0.4, 0.5) is 18.9 Å². The van der Waals surface area contributed by atoms with Crippen LogP contribution < -0.4 is 4.90 Å². The van der Waals surface area contributed by atoms with Crippen LogP contribution in [0, 0.1) is 28.1 Å². The Morgan fingerprint density at radius 3 is 2.61 bits per heavy atom. The number of nitriles is 1. The number of carbonyl (C=O) groups is 1. The molecule has 0 bridgehead atoms. The van der Waals surface area contributed by atoms with Crippen molar-refractivity contribution in [3.05, 3.63) is 29.3 Å². The third-order valence-electron chi connectivity index (χ3n) is 7.11. The number of halogens is 3. The highest BCUT2D eigenvalue weighted by Crippen LogP contribution is 2.46. The van der Waals surface area contributed by atoms with Crippen LogP contribution in [-0.2, 0) is 15.7 Å². The minimum absolute atomic E-state index is 0.0998. The molecule has 0 radical (unpaired) electrons. The van der Waals surface area contributed by atoms with Gasteiger partial charge in [0.1, 0.15) is 0 Å². The lowest BCUT2D eigenvalue weighted by atomic mass is 9.72. The van der Waals surface area contributed by atoms with Crippen LogP contribution in [-0.4, -0.2) is 50.7 Å². The number of rotatable bonds is 5. The molecule has 170 valence electrons. The third-order valence-corrected chi connectivity index (χ3v) is 7.11. The first-order valence-corrected chi connectivity index (χ1v) is 10.6. The van der Waals surface area contributed by atoms with Crippen molar-refractivity contribution in [2.24, 2.45) is 16.7 Å². The van der Waals surface area contributed by atoms with Crippen LogP contribution in [0.25, 0.3) is 0 Å². The zero-order valence-electron chi connectivity index (χ0n) is 18.6. The Hall–Kier alpha value is -2.27. The minimum Gasteiger partial charge on any atom is -0.384 e. The van der Waals surface area contributed by atoms with E-state index in [-0.39, 0.29) is 22.8 Å². The molecular formula is C23H30F3N3O2. The second-order valence-corrected chi connectivity index (χ2v) is 9.45. The van der Waals surface area contributed by atoms with E-state index in [2.05, 4.69) is 0 Å². The fourth-order valence-corrected chi connectivity index (χ4v) is 4.83. The lowest BCUT2D eigenvalue weighted by molar-refractivity contribution is -0.145. The first-order chi connectivity index (χ1) is 14.5. The number of nitrogens with zero attached hydrogens (tertiary/aromatic N) is 3. The molecule has 0 aromatic heterocycles. The number of hydrogen-bond acceptors (Lipinski definition) is 4. The van der Waals surface area contributed by atoms with Gasteiger partial charge in [-0.1, -0.05) is 20.8 Å². The summed E-state index contributed by atoms with van der Waals surface area (Å²) in [6.45, 7) is 8.69. The van der Waals surface area contributed by atoms with Gasteiger partial charge in [-0.05, 0) is 31.0 Å². The van der Waals surface area contributed by atoms with Gasteiger partial charge in [-0.25, -0.2) is 0 Å². The molecule has 0 spiro atoms. The standard InChI is InChI=1S/C23H30F3N3O2/c1-5-21(2,3)20(30)28-9-8-22(15-31-4)14-29(13-17(22)12-28)18-7-6-16(11-27)19(10-18)23(24,25)26/h6-7,10,17H,5,8-9,12-15H2,1-4H3. The van der Waals surface area contributed by atoms with Crippen LogP contribution >= 0.6 is 0 Å². The third kappa shape index (κ3) is 4.38. The Bertz CT molecular complexity index is 878. The Kier molecular flexibility index (Phi) is 6.30. The number of benzene rings is 1. The Balaban J connectivity index is 1.88. The molecule has 2 unspecified atom stereocenters. The maximum atomic E-state index is 13.4. The molecule has 2 saturated heterocycles. The number of alkyl halides is 3. The molecule has 2 aliphatic rings. The normalized spacial score (nSPS) is 24.1. The summed E-state index contributed by atoms with van der Waals surface area (Å²) in [6.07, 6.45) is -3.10. The monoisotopic (exact) mass is 437 g/mol. The summed E-state index contributed by atoms with van der Waals surface area (Å²) in [5.41, 5.74) is -1.49. The van der Waals surface area contributed by atoms with Gasteiger partial charge < -0.3 is 14.5 Å². The van der Waals surface area contributed by atoms with Gasteiger partial charge in [-0.15, -0.1) is 0 Å². The first kappa shape index (κ1) is 23.4. The molecule has 2 atom stereocenters. The van der Waals surface area contributed by atoms with Gasteiger partial charge in [0, 0.05) is 55.7 Å². The predicted molar refractivity (Wildman–Crippen MR) is 111 cm³/mol. The van der Waals surface area contributed by atoms with E-state index in [1.807, 2.05) is 30.6 Å². The second-order valence-electron chi connectivity index (χ2n) is 9.45. The zero-order chi connectivity index (χ0) is 23.0. The first-order valence-electron chi connectivity index (χ1n) is 10.6. The fourth-order valence-electron chi connectivity index (χ4n) is 4.83. The maximum absolute atomic E-state index is 13.4. The summed E-state index contributed by atoms with van der Waals surface area (Å²) in [6, 6.07) is 5.52. The van der Waals surface area contributed by atoms with Crippen molar-refractivity contribution in [3.63, 3.8) is 0 Å². The van der Waals surface area contributed by atoms with Gasteiger partial charge in [-0.3, -0.25) is 4.79 Å². The number of carbonyl (C=O) groups excluding carboxylic acids is 1. The zero-order valence-corrected chi connectivity index (χ0v) is 18.6. The van der Waals surface area contributed by atoms with E-state index in [1.165, 1.54) is 6.07 Å². The number of methoxy groups -OCH3 is 1. The van der Waals surface area contributed by atoms with Gasteiger partial charge in [0.15, 0.2) is 0 Å². The van der Waals surface area contributed by atoms with E-state index in [9.17, 15) is 18.0 Å². The molecule has 8 heteroatoms. The highest BCUT2D eigenvalue weighted by Gasteiger charge is 2.51. The summed E-state index contributed by atoms with van der Waals surface area (Å²) in [4.78, 5) is 16.9. The lowest BCUT2D eigenvalue weighted by Gasteiger charge is -2.44. The van der Waals surface area contributed by atoms with E-state index < -0.39 is 17.2 Å². The number of fused-ring (bicyclic) bond motifs is 1. The van der Waals surface area contributed by atoms with Crippen LogP contribution in [0.15, 0.2) is 18.2 Å². The van der Waals surface area contributed by atoms with E-state index >= 15 is 0 Å². The van der Waals surface area contributed by atoms with Gasteiger partial charge in [0.2, 0.25) is 5.91 Å². The molecule has 31 heavy (non-hydrogen) atoms. The summed E-state index contributed by atoms with van der Waals surface area (Å²) >= 11 is 0. The topological polar surface area (TPSA) is 56.6 Å². The Morgan fingerprint density at radius 1 is 1.32 bits per heavy atom. The van der Waals surface area contributed by atoms with Gasteiger partial charge in [0.25, 0.3) is 0 Å². The fraction of sp³-hybridized carbons (Fsp3) is 0.652. The highest BCUT2D eigenvalue weighted by molar-refractivity contribution is 5.82. The number of likely N-dealkylation sites (tertiary alicyclic amines) is 1. The van der Waals surface area contributed by atoms with Crippen LogP contribution in [0.1, 0.15) is 44.7 Å². The molecule has 2 heterocycles. The van der Waals surface area contributed by atoms with Crippen LogP contribution in [0.2, 0.25) is 0 Å². The summed E-state index contributed by atoms with van der Waals surface area (Å²) in [5.74, 6) is 0.222. The predicted octanol–water partition coefficient (Wildman–Crippen LogP) is 4.31. The number of piperidine rings is 1. The number of ether oxygens (including phenoxy) is 1. The lowest BCUT2D eigenvalue weighted by Crippen LogP contribution is -2.53. The molecule has 2 fully saturated rings. The van der Waals surface area contributed by atoms with E-state index in [4.69, 9.17) is 10.00 Å². The van der Waals surface area contributed by atoms with Crippen molar-refractivity contribution in [1.82, 2.24) is 4.90 Å². The van der Waals surface area contributed by atoms with Crippen molar-refractivity contribution in [3.8, 4) is 6.07 Å². The van der Waals surface area contributed by atoms with E-state index in [1.54, 1.807) is 19.2 Å². The van der Waals surface area contributed by atoms with Gasteiger partial charge >= 0.3 is 6.18 Å². The van der Waals surface area contributed by atoms with Gasteiger partial charge in [-0.2, -0.15) is 18.4 Å². The number of anilines is 1.